The number of Topliss-reactive ketones (excluding diaryl/α,β-unsaturated/α-hetero) is 1. The fourth-order valence-corrected chi connectivity index (χ4v) is 5.75. The van der Waals surface area contributed by atoms with E-state index < -0.39 is 95.7 Å². The van der Waals surface area contributed by atoms with E-state index in [-0.39, 0.29) is 59.2 Å². The lowest BCUT2D eigenvalue weighted by Gasteiger charge is -2.42. The van der Waals surface area contributed by atoms with Gasteiger partial charge in [0.25, 0.3) is 0 Å². The fraction of sp³-hybridized carbons (Fsp3) is 0.444. The average molecular weight is 616 g/mol. The number of benzene rings is 2. The molecule has 14 heteroatoms. The van der Waals surface area contributed by atoms with Crippen molar-refractivity contribution in [1.82, 2.24) is 0 Å². The van der Waals surface area contributed by atoms with Crippen LogP contribution in [0.3, 0.4) is 0 Å². The second kappa shape index (κ2) is 11.8. The van der Waals surface area contributed by atoms with Gasteiger partial charge in [-0.1, -0.05) is 12.1 Å². The number of rotatable bonds is 5. The molecule has 3 aliphatic rings. The molecule has 1 aliphatic heterocycles. The van der Waals surface area contributed by atoms with E-state index in [2.05, 4.69) is 0 Å². The summed E-state index contributed by atoms with van der Waals surface area (Å²) in [5.41, 5.74) is 2.37. The number of ketones is 3. The van der Waals surface area contributed by atoms with E-state index in [0.29, 0.717) is 0 Å². The number of carbonyl (C=O) groups excluding carboxylic acids is 3. The topological polar surface area (TPSA) is 206 Å². The number of nitrogens with two attached hydrogens (primary N) is 1. The first-order chi connectivity index (χ1) is 18.4. The first-order valence-corrected chi connectivity index (χ1v) is 12.4. The minimum absolute atomic E-state index is 0. The smallest absolute Gasteiger partial charge is 0.202 e. The average Bonchev–Trinajstić information content (AvgIpc) is 2.90. The first-order valence-electron chi connectivity index (χ1n) is 12.4. The number of halogens is 2. The van der Waals surface area contributed by atoms with Crippen molar-refractivity contribution in [2.75, 3.05) is 13.7 Å². The van der Waals surface area contributed by atoms with Crippen LogP contribution >= 0.6 is 24.8 Å². The minimum atomic E-state index is -2.24. The number of aliphatic hydroxyl groups excluding tert-OH is 2. The summed E-state index contributed by atoms with van der Waals surface area (Å²) in [6, 6.07) is 3.64. The zero-order valence-electron chi connectivity index (χ0n) is 22.0. The normalized spacial score (nSPS) is 28.4. The predicted molar refractivity (Wildman–Crippen MR) is 146 cm³/mol. The summed E-state index contributed by atoms with van der Waals surface area (Å²) in [5, 5.41) is 53.7. The molecule has 41 heavy (non-hydrogen) atoms. The summed E-state index contributed by atoms with van der Waals surface area (Å²) in [4.78, 5) is 39.7. The Labute approximate surface area is 246 Å². The molecule has 1 fully saturated rings. The van der Waals surface area contributed by atoms with Gasteiger partial charge in [0.1, 0.15) is 29.5 Å². The van der Waals surface area contributed by atoms with Crippen molar-refractivity contribution in [3.8, 4) is 17.2 Å². The van der Waals surface area contributed by atoms with Crippen LogP contribution in [0.1, 0.15) is 68.8 Å². The van der Waals surface area contributed by atoms with E-state index in [9.17, 15) is 39.9 Å². The van der Waals surface area contributed by atoms with Gasteiger partial charge in [0.2, 0.25) is 5.78 Å². The highest BCUT2D eigenvalue weighted by Crippen LogP contribution is 2.52. The van der Waals surface area contributed by atoms with E-state index in [1.165, 1.54) is 25.3 Å². The standard InChI is InChI=1S/C27H29NO11.2ClH/c1-10-22(31)13(28)6-17(38-10)39-15-8-27(36,16(30)9-29)7-12-19(15)26(35)21-20(24(12)33)23(32)11-4-3-5-14(37-2)18(11)25(21)34;;/h3-5,10,13,15,17,22,29,31,33,35-36H,6-9,28H2,1-2H3;2*1H/t10-,13-,15-,17-,22+,27-;;/m0../s1. The highest BCUT2D eigenvalue weighted by atomic mass is 35.5. The number of carbonyl (C=O) groups is 3. The van der Waals surface area contributed by atoms with Crippen LogP contribution in [0.2, 0.25) is 0 Å². The Morgan fingerprint density at radius 3 is 2.39 bits per heavy atom. The molecule has 1 heterocycles. The van der Waals surface area contributed by atoms with Gasteiger partial charge in [-0.3, -0.25) is 14.4 Å². The molecule has 0 aromatic heterocycles. The first kappa shape index (κ1) is 32.7. The molecule has 12 nitrogen and oxygen atoms in total. The number of phenols is 2. The van der Waals surface area contributed by atoms with Gasteiger partial charge in [0.15, 0.2) is 17.9 Å². The Bertz CT molecular complexity index is 1390. The number of phenolic OH excluding ortho intramolecular Hbond substituents is 2. The molecule has 5 rings (SSSR count). The van der Waals surface area contributed by atoms with Crippen molar-refractivity contribution in [3.63, 3.8) is 0 Å². The maximum atomic E-state index is 13.6. The molecule has 0 radical (unpaired) electrons. The maximum Gasteiger partial charge on any atom is 0.202 e. The molecule has 2 aliphatic carbocycles. The third-order valence-electron chi connectivity index (χ3n) is 7.81. The highest BCUT2D eigenvalue weighted by Gasteiger charge is 2.50. The number of aliphatic hydroxyl groups is 3. The molecule has 0 spiro atoms. The van der Waals surface area contributed by atoms with Gasteiger partial charge in [-0.2, -0.15) is 0 Å². The molecule has 6 atom stereocenters. The number of hydrogen-bond acceptors (Lipinski definition) is 12. The molecule has 224 valence electrons. The summed E-state index contributed by atoms with van der Waals surface area (Å²) in [6.07, 6.45) is -5.12. The van der Waals surface area contributed by atoms with E-state index in [0.717, 1.165) is 0 Å². The number of ether oxygens (including phenoxy) is 3. The third kappa shape index (κ3) is 5.08. The van der Waals surface area contributed by atoms with Crippen LogP contribution in [-0.4, -0.2) is 86.7 Å². The van der Waals surface area contributed by atoms with Crippen molar-refractivity contribution >= 4 is 42.2 Å². The second-order valence-electron chi connectivity index (χ2n) is 10.2. The number of hydrogen-bond donors (Lipinski definition) is 6. The van der Waals surface area contributed by atoms with Gasteiger partial charge in [0.05, 0.1) is 42.1 Å². The fourth-order valence-electron chi connectivity index (χ4n) is 5.75. The van der Waals surface area contributed by atoms with Crippen LogP contribution in [-0.2, 0) is 20.7 Å². The molecule has 0 saturated carbocycles. The van der Waals surface area contributed by atoms with Crippen molar-refractivity contribution in [3.05, 3.63) is 51.6 Å². The second-order valence-corrected chi connectivity index (χ2v) is 10.2. The van der Waals surface area contributed by atoms with Crippen LogP contribution in [0, 0.1) is 0 Å². The lowest BCUT2D eigenvalue weighted by molar-refractivity contribution is -0.247. The van der Waals surface area contributed by atoms with Crippen molar-refractivity contribution in [2.45, 2.75) is 62.4 Å². The van der Waals surface area contributed by atoms with Gasteiger partial charge < -0.3 is 45.5 Å². The largest absolute Gasteiger partial charge is 0.507 e. The summed E-state index contributed by atoms with van der Waals surface area (Å²) in [6.45, 7) is 0.560. The third-order valence-corrected chi connectivity index (χ3v) is 7.81. The van der Waals surface area contributed by atoms with E-state index in [1.807, 2.05) is 0 Å². The zero-order chi connectivity index (χ0) is 28.4. The van der Waals surface area contributed by atoms with Crippen molar-refractivity contribution in [1.29, 1.82) is 0 Å². The Hall–Kier alpha value is -2.81. The Kier molecular flexibility index (Phi) is 9.43. The molecule has 0 amide bonds. The molecular weight excluding hydrogens is 585 g/mol. The SMILES string of the molecule is COc1cccc2c1C(=O)c1c(O)c3c(c(O)c1C2=O)C[C@@](O)(C(=O)CO)C[C@@H]3O[C@H]1C[C@H](N)[C@H](O)[C@H](C)O1.Cl.Cl. The molecule has 2 aromatic carbocycles. The number of methoxy groups -OCH3 is 1. The molecule has 7 N–H and O–H groups in total. The minimum Gasteiger partial charge on any atom is -0.507 e. The van der Waals surface area contributed by atoms with E-state index >= 15 is 0 Å². The van der Waals surface area contributed by atoms with Gasteiger partial charge >= 0.3 is 0 Å². The number of fused-ring (bicyclic) bond motifs is 3. The van der Waals surface area contributed by atoms with Crippen LogP contribution in [0.25, 0.3) is 0 Å². The lowest BCUT2D eigenvalue weighted by atomic mass is 9.72. The Morgan fingerprint density at radius 2 is 1.78 bits per heavy atom. The summed E-state index contributed by atoms with van der Waals surface area (Å²) in [7, 11) is 1.32. The Morgan fingerprint density at radius 1 is 1.12 bits per heavy atom. The van der Waals surface area contributed by atoms with Gasteiger partial charge in [-0.05, 0) is 13.0 Å². The molecule has 0 unspecified atom stereocenters. The monoisotopic (exact) mass is 615 g/mol. The van der Waals surface area contributed by atoms with Gasteiger partial charge in [-0.15, -0.1) is 24.8 Å². The summed E-state index contributed by atoms with van der Waals surface area (Å²) in [5.74, 6) is -3.77. The maximum absolute atomic E-state index is 13.6. The van der Waals surface area contributed by atoms with Crippen LogP contribution in [0.4, 0.5) is 0 Å². The molecule has 1 saturated heterocycles. The van der Waals surface area contributed by atoms with Gasteiger partial charge in [0, 0.05) is 42.0 Å². The molecule has 2 aromatic rings. The van der Waals surface area contributed by atoms with Crippen molar-refractivity contribution < 1.29 is 54.1 Å². The molecule has 0 bridgehead atoms. The van der Waals surface area contributed by atoms with Gasteiger partial charge in [-0.25, -0.2) is 0 Å². The van der Waals surface area contributed by atoms with Crippen LogP contribution in [0.15, 0.2) is 18.2 Å². The van der Waals surface area contributed by atoms with Crippen molar-refractivity contribution in [2.24, 2.45) is 5.73 Å². The summed E-state index contributed by atoms with van der Waals surface area (Å²) >= 11 is 0. The summed E-state index contributed by atoms with van der Waals surface area (Å²) < 4.78 is 17.0. The highest BCUT2D eigenvalue weighted by molar-refractivity contribution is 6.31. The Balaban J connectivity index is 0.00000231. The quantitative estimate of drug-likeness (QED) is 0.221. The van der Waals surface area contributed by atoms with E-state index in [4.69, 9.17) is 19.9 Å². The van der Waals surface area contributed by atoms with Crippen LogP contribution < -0.4 is 10.5 Å². The lowest BCUT2D eigenvalue weighted by Crippen LogP contribution is -2.53. The predicted octanol–water partition coefficient (Wildman–Crippen LogP) is 0.845. The number of aromatic hydroxyl groups is 2. The zero-order valence-corrected chi connectivity index (χ0v) is 23.7. The van der Waals surface area contributed by atoms with E-state index in [1.54, 1.807) is 6.92 Å². The van der Waals surface area contributed by atoms with Crippen LogP contribution in [0.5, 0.6) is 17.2 Å². The molecular formula is C27H31Cl2NO11.